The van der Waals surface area contributed by atoms with Crippen LogP contribution in [0.15, 0.2) is 24.3 Å². The molecule has 1 aliphatic heterocycles. The van der Waals surface area contributed by atoms with Gasteiger partial charge < -0.3 is 10.2 Å². The van der Waals surface area contributed by atoms with Crippen LogP contribution in [0.25, 0.3) is 0 Å². The molecule has 4 heteroatoms. The fraction of sp³-hybridized carbons (Fsp3) is 0.500. The third-order valence-electron chi connectivity index (χ3n) is 2.94. The largest absolute Gasteiger partial charge is 0.392 e. The van der Waals surface area contributed by atoms with E-state index in [0.29, 0.717) is 18.1 Å². The van der Waals surface area contributed by atoms with E-state index in [1.165, 1.54) is 0 Å². The summed E-state index contributed by atoms with van der Waals surface area (Å²) in [5.74, 6) is 0. The zero-order chi connectivity index (χ0) is 11.5. The molecule has 0 spiro atoms. The highest BCUT2D eigenvalue weighted by molar-refractivity contribution is 6.31. The molecule has 88 valence electrons. The molecular weight excluding hydrogens is 226 g/mol. The molecule has 0 aliphatic carbocycles. The lowest BCUT2D eigenvalue weighted by atomic mass is 10.1. The topological polar surface area (TPSA) is 43.7 Å². The zero-order valence-corrected chi connectivity index (χ0v) is 9.77. The predicted octanol–water partition coefficient (Wildman–Crippen LogP) is 1.44. The van der Waals surface area contributed by atoms with Crippen molar-refractivity contribution in [3.8, 4) is 0 Å². The van der Waals surface area contributed by atoms with Crippen LogP contribution in [-0.2, 0) is 0 Å². The first-order chi connectivity index (χ1) is 7.66. The first kappa shape index (κ1) is 11.9. The van der Waals surface area contributed by atoms with Crippen molar-refractivity contribution < 1.29 is 10.2 Å². The van der Waals surface area contributed by atoms with E-state index in [1.54, 1.807) is 6.07 Å². The van der Waals surface area contributed by atoms with Crippen LogP contribution in [0, 0.1) is 0 Å². The summed E-state index contributed by atoms with van der Waals surface area (Å²) in [5.41, 5.74) is 0.755. The first-order valence-electron chi connectivity index (χ1n) is 5.49. The molecule has 0 aromatic heterocycles. The molecule has 2 N–H and O–H groups in total. The van der Waals surface area contributed by atoms with Crippen LogP contribution in [0.2, 0.25) is 5.02 Å². The summed E-state index contributed by atoms with van der Waals surface area (Å²) in [6, 6.07) is 7.32. The molecule has 16 heavy (non-hydrogen) atoms. The third-order valence-corrected chi connectivity index (χ3v) is 3.29. The SMILES string of the molecule is OC(CN1CC[C@H](O)C1)c1ccccc1Cl. The predicted molar refractivity (Wildman–Crippen MR) is 63.5 cm³/mol. The van der Waals surface area contributed by atoms with Gasteiger partial charge in [-0.05, 0) is 12.5 Å². The second-order valence-corrected chi connectivity index (χ2v) is 4.65. The average molecular weight is 242 g/mol. The minimum atomic E-state index is -0.584. The van der Waals surface area contributed by atoms with Gasteiger partial charge in [-0.15, -0.1) is 0 Å². The van der Waals surface area contributed by atoms with E-state index >= 15 is 0 Å². The van der Waals surface area contributed by atoms with Gasteiger partial charge in [-0.3, -0.25) is 4.90 Å². The van der Waals surface area contributed by atoms with Crippen LogP contribution in [0.4, 0.5) is 0 Å². The summed E-state index contributed by atoms with van der Waals surface area (Å²) < 4.78 is 0. The minimum absolute atomic E-state index is 0.251. The van der Waals surface area contributed by atoms with Gasteiger partial charge >= 0.3 is 0 Å². The average Bonchev–Trinajstić information content (AvgIpc) is 2.64. The maximum atomic E-state index is 10.0. The molecule has 0 radical (unpaired) electrons. The Kier molecular flexibility index (Phi) is 3.82. The number of hydrogen-bond acceptors (Lipinski definition) is 3. The van der Waals surface area contributed by atoms with E-state index < -0.39 is 6.10 Å². The van der Waals surface area contributed by atoms with Gasteiger partial charge in [0, 0.05) is 30.2 Å². The second-order valence-electron chi connectivity index (χ2n) is 4.24. The number of likely N-dealkylation sites (tertiary alicyclic amines) is 1. The lowest BCUT2D eigenvalue weighted by molar-refractivity contribution is 0.113. The molecule has 1 unspecified atom stereocenters. The highest BCUT2D eigenvalue weighted by Gasteiger charge is 2.23. The molecule has 2 rings (SSSR count). The molecule has 1 fully saturated rings. The first-order valence-corrected chi connectivity index (χ1v) is 5.87. The molecule has 1 aromatic rings. The monoisotopic (exact) mass is 241 g/mol. The normalized spacial score (nSPS) is 23.6. The third kappa shape index (κ3) is 2.74. The van der Waals surface area contributed by atoms with Gasteiger partial charge in [0.1, 0.15) is 0 Å². The van der Waals surface area contributed by atoms with Crippen molar-refractivity contribution in [2.45, 2.75) is 18.6 Å². The molecular formula is C12H16ClNO2. The molecule has 2 atom stereocenters. The van der Waals surface area contributed by atoms with Gasteiger partial charge in [0.15, 0.2) is 0 Å². The number of aliphatic hydroxyl groups is 2. The van der Waals surface area contributed by atoms with E-state index in [1.807, 2.05) is 18.2 Å². The summed E-state index contributed by atoms with van der Waals surface area (Å²) >= 11 is 6.01. The molecule has 3 nitrogen and oxygen atoms in total. The summed E-state index contributed by atoms with van der Waals surface area (Å²) in [7, 11) is 0. The zero-order valence-electron chi connectivity index (χ0n) is 9.01. The maximum Gasteiger partial charge on any atom is 0.0931 e. The Morgan fingerprint density at radius 2 is 2.19 bits per heavy atom. The molecule has 1 heterocycles. The number of hydrogen-bond donors (Lipinski definition) is 2. The van der Waals surface area contributed by atoms with E-state index in [0.717, 1.165) is 18.5 Å². The van der Waals surface area contributed by atoms with Gasteiger partial charge in [-0.1, -0.05) is 29.8 Å². The Labute approximate surface area is 100 Å². The van der Waals surface area contributed by atoms with E-state index in [4.69, 9.17) is 11.6 Å². The van der Waals surface area contributed by atoms with E-state index in [2.05, 4.69) is 4.90 Å². The number of β-amino-alcohol motifs (C(OH)–C–C–N with tert-alkyl or cyclic N) is 2. The standard InChI is InChI=1S/C12H16ClNO2/c13-11-4-2-1-3-10(11)12(16)8-14-6-5-9(15)7-14/h1-4,9,12,15-16H,5-8H2/t9-,12?/m0/s1. The van der Waals surface area contributed by atoms with Crippen LogP contribution < -0.4 is 0 Å². The molecule has 0 amide bonds. The van der Waals surface area contributed by atoms with Crippen molar-refractivity contribution in [2.24, 2.45) is 0 Å². The van der Waals surface area contributed by atoms with Crippen LogP contribution in [-0.4, -0.2) is 40.9 Å². The lowest BCUT2D eigenvalue weighted by Crippen LogP contribution is -2.27. The Morgan fingerprint density at radius 1 is 1.44 bits per heavy atom. The number of benzene rings is 1. The fourth-order valence-electron chi connectivity index (χ4n) is 2.07. The van der Waals surface area contributed by atoms with Gasteiger partial charge in [0.05, 0.1) is 12.2 Å². The molecule has 1 saturated heterocycles. The Morgan fingerprint density at radius 3 is 2.81 bits per heavy atom. The number of nitrogens with zero attached hydrogens (tertiary/aromatic N) is 1. The number of rotatable bonds is 3. The van der Waals surface area contributed by atoms with Crippen molar-refractivity contribution in [1.82, 2.24) is 4.90 Å². The van der Waals surface area contributed by atoms with Gasteiger partial charge in [-0.2, -0.15) is 0 Å². The smallest absolute Gasteiger partial charge is 0.0931 e. The molecule has 0 saturated carbocycles. The fourth-order valence-corrected chi connectivity index (χ4v) is 2.33. The van der Waals surface area contributed by atoms with Crippen molar-refractivity contribution >= 4 is 11.6 Å². The van der Waals surface area contributed by atoms with Crippen molar-refractivity contribution in [3.63, 3.8) is 0 Å². The van der Waals surface area contributed by atoms with Gasteiger partial charge in [-0.25, -0.2) is 0 Å². The second kappa shape index (κ2) is 5.15. The van der Waals surface area contributed by atoms with Gasteiger partial charge in [0.25, 0.3) is 0 Å². The summed E-state index contributed by atoms with van der Waals surface area (Å²) in [4.78, 5) is 2.05. The highest BCUT2D eigenvalue weighted by atomic mass is 35.5. The highest BCUT2D eigenvalue weighted by Crippen LogP contribution is 2.24. The summed E-state index contributed by atoms with van der Waals surface area (Å²) in [6.07, 6.45) is -0.0488. The molecule has 1 aromatic carbocycles. The van der Waals surface area contributed by atoms with Crippen molar-refractivity contribution in [3.05, 3.63) is 34.9 Å². The quantitative estimate of drug-likeness (QED) is 0.842. The Balaban J connectivity index is 1.98. The van der Waals surface area contributed by atoms with Crippen LogP contribution in [0.3, 0.4) is 0 Å². The Bertz CT molecular complexity index is 359. The van der Waals surface area contributed by atoms with Crippen molar-refractivity contribution in [2.75, 3.05) is 19.6 Å². The number of aliphatic hydroxyl groups excluding tert-OH is 2. The van der Waals surface area contributed by atoms with Crippen LogP contribution >= 0.6 is 11.6 Å². The summed E-state index contributed by atoms with van der Waals surface area (Å²) in [6.45, 7) is 2.00. The molecule has 1 aliphatic rings. The Hall–Kier alpha value is -0.610. The van der Waals surface area contributed by atoms with E-state index in [-0.39, 0.29) is 6.10 Å². The van der Waals surface area contributed by atoms with Crippen LogP contribution in [0.1, 0.15) is 18.1 Å². The van der Waals surface area contributed by atoms with Crippen LogP contribution in [0.5, 0.6) is 0 Å². The van der Waals surface area contributed by atoms with Crippen molar-refractivity contribution in [1.29, 1.82) is 0 Å². The lowest BCUT2D eigenvalue weighted by Gasteiger charge is -2.20. The molecule has 0 bridgehead atoms. The van der Waals surface area contributed by atoms with E-state index in [9.17, 15) is 10.2 Å². The minimum Gasteiger partial charge on any atom is -0.392 e. The number of halogens is 1. The summed E-state index contributed by atoms with van der Waals surface area (Å²) in [5, 5.41) is 20.0. The van der Waals surface area contributed by atoms with Gasteiger partial charge in [0.2, 0.25) is 0 Å². The maximum absolute atomic E-state index is 10.0.